The lowest BCUT2D eigenvalue weighted by molar-refractivity contribution is 0.151. The minimum atomic E-state index is -0.0775. The quantitative estimate of drug-likeness (QED) is 0.795. The summed E-state index contributed by atoms with van der Waals surface area (Å²) in [5, 5.41) is 14.7. The van der Waals surface area contributed by atoms with Crippen LogP contribution in [0, 0.1) is 5.92 Å². The zero-order valence-corrected chi connectivity index (χ0v) is 18.2. The normalized spacial score (nSPS) is 18.3. The predicted molar refractivity (Wildman–Crippen MR) is 112 cm³/mol. The van der Waals surface area contributed by atoms with Gasteiger partial charge in [-0.1, -0.05) is 61.5 Å². The molecule has 1 atom stereocenters. The lowest BCUT2D eigenvalue weighted by Gasteiger charge is -2.38. The molecule has 1 aliphatic heterocycles. The number of nitrogens with zero attached hydrogens (tertiary/aromatic N) is 1. The molecule has 1 aliphatic rings. The number of aromatic hydroxyl groups is 1. The molecule has 2 N–H and O–H groups in total. The third kappa shape index (κ3) is 5.01. The number of phenolic OH excluding ortho intramolecular Hbond substituents is 1. The Morgan fingerprint density at radius 3 is 2.04 bits per heavy atom. The summed E-state index contributed by atoms with van der Waals surface area (Å²) < 4.78 is 0. The van der Waals surface area contributed by atoms with Crippen molar-refractivity contribution in [2.75, 3.05) is 26.2 Å². The Morgan fingerprint density at radius 1 is 1.00 bits per heavy atom. The van der Waals surface area contributed by atoms with Crippen molar-refractivity contribution in [1.82, 2.24) is 10.2 Å². The maximum Gasteiger partial charge on any atom is 0.124 e. The summed E-state index contributed by atoms with van der Waals surface area (Å²) in [7, 11) is 0. The second kappa shape index (κ2) is 7.90. The first-order chi connectivity index (χ1) is 11.9. The first-order valence-electron chi connectivity index (χ1n) is 10.2. The number of nitrogens with one attached hydrogen (secondary N) is 1. The second-order valence-electron chi connectivity index (χ2n) is 10.4. The summed E-state index contributed by atoms with van der Waals surface area (Å²) in [6, 6.07) is 4.78. The summed E-state index contributed by atoms with van der Waals surface area (Å²) >= 11 is 0. The monoisotopic (exact) mass is 360 g/mol. The van der Waals surface area contributed by atoms with Crippen LogP contribution in [0.15, 0.2) is 12.1 Å². The Balaban J connectivity index is 2.61. The number of phenols is 1. The van der Waals surface area contributed by atoms with Gasteiger partial charge in [0, 0.05) is 37.8 Å². The first-order valence-corrected chi connectivity index (χ1v) is 10.2. The van der Waals surface area contributed by atoms with Gasteiger partial charge in [-0.3, -0.25) is 4.90 Å². The molecule has 1 aromatic carbocycles. The highest BCUT2D eigenvalue weighted by Crippen LogP contribution is 2.42. The Labute approximate surface area is 161 Å². The van der Waals surface area contributed by atoms with E-state index in [0.29, 0.717) is 11.7 Å². The van der Waals surface area contributed by atoms with Gasteiger partial charge in [0.15, 0.2) is 0 Å². The fourth-order valence-corrected chi connectivity index (χ4v) is 3.83. The van der Waals surface area contributed by atoms with Crippen molar-refractivity contribution in [2.24, 2.45) is 5.92 Å². The molecule has 0 unspecified atom stereocenters. The second-order valence-corrected chi connectivity index (χ2v) is 10.4. The third-order valence-corrected chi connectivity index (χ3v) is 5.46. The summed E-state index contributed by atoms with van der Waals surface area (Å²) in [6.45, 7) is 22.1. The van der Waals surface area contributed by atoms with Crippen molar-refractivity contribution >= 4 is 0 Å². The third-order valence-electron chi connectivity index (χ3n) is 5.46. The van der Waals surface area contributed by atoms with Crippen molar-refractivity contribution in [2.45, 2.75) is 78.7 Å². The molecular weight excluding hydrogens is 320 g/mol. The number of hydrogen-bond acceptors (Lipinski definition) is 3. The van der Waals surface area contributed by atoms with Crippen LogP contribution >= 0.6 is 0 Å². The first kappa shape index (κ1) is 21.2. The van der Waals surface area contributed by atoms with E-state index in [0.717, 1.165) is 43.7 Å². The van der Waals surface area contributed by atoms with Crippen LogP contribution in [0.1, 0.15) is 84.5 Å². The molecule has 0 saturated carbocycles. The van der Waals surface area contributed by atoms with Gasteiger partial charge in [-0.25, -0.2) is 0 Å². The summed E-state index contributed by atoms with van der Waals surface area (Å²) in [5.74, 6) is 1.10. The molecule has 1 fully saturated rings. The Kier molecular flexibility index (Phi) is 6.45. The predicted octanol–water partition coefficient (Wildman–Crippen LogP) is 4.98. The molecule has 0 aliphatic carbocycles. The molecule has 1 saturated heterocycles. The van der Waals surface area contributed by atoms with Gasteiger partial charge in [0.05, 0.1) is 0 Å². The lowest BCUT2D eigenvalue weighted by Crippen LogP contribution is -2.45. The lowest BCUT2D eigenvalue weighted by atomic mass is 9.77. The van der Waals surface area contributed by atoms with Crippen LogP contribution in [0.25, 0.3) is 0 Å². The van der Waals surface area contributed by atoms with Gasteiger partial charge in [0.2, 0.25) is 0 Å². The molecule has 3 nitrogen and oxygen atoms in total. The fourth-order valence-electron chi connectivity index (χ4n) is 3.83. The topological polar surface area (TPSA) is 35.5 Å². The molecule has 2 rings (SSSR count). The van der Waals surface area contributed by atoms with Crippen molar-refractivity contribution in [3.8, 4) is 5.75 Å². The van der Waals surface area contributed by atoms with E-state index < -0.39 is 0 Å². The SMILES string of the molecule is CC(C)C[C@@H](c1cc(C(C)(C)C)cc(C(C)(C)C)c1O)N1CCNCC1. The summed E-state index contributed by atoms with van der Waals surface area (Å²) in [4.78, 5) is 2.56. The molecule has 148 valence electrons. The van der Waals surface area contributed by atoms with Crippen molar-refractivity contribution in [3.05, 3.63) is 28.8 Å². The molecule has 0 radical (unpaired) electrons. The van der Waals surface area contributed by atoms with E-state index in [1.54, 1.807) is 0 Å². The fraction of sp³-hybridized carbons (Fsp3) is 0.739. The van der Waals surface area contributed by atoms with E-state index in [2.05, 4.69) is 77.7 Å². The standard InChI is InChI=1S/C23H40N2O/c1-16(2)13-20(25-11-9-24-10-12-25)18-14-17(22(3,4)5)15-19(21(18)26)23(6,7)8/h14-16,20,24,26H,9-13H2,1-8H3/t20-/m0/s1. The van der Waals surface area contributed by atoms with Gasteiger partial charge in [0.25, 0.3) is 0 Å². The van der Waals surface area contributed by atoms with E-state index in [-0.39, 0.29) is 16.9 Å². The maximum atomic E-state index is 11.3. The van der Waals surface area contributed by atoms with Crippen molar-refractivity contribution < 1.29 is 5.11 Å². The van der Waals surface area contributed by atoms with E-state index in [9.17, 15) is 5.11 Å². The van der Waals surface area contributed by atoms with Crippen LogP contribution in [0.3, 0.4) is 0 Å². The molecule has 3 heteroatoms. The van der Waals surface area contributed by atoms with Crippen LogP contribution in [0.2, 0.25) is 0 Å². The number of rotatable bonds is 4. The van der Waals surface area contributed by atoms with Crippen LogP contribution in [-0.4, -0.2) is 36.2 Å². The van der Waals surface area contributed by atoms with E-state index >= 15 is 0 Å². The Hall–Kier alpha value is -1.06. The summed E-state index contributed by atoms with van der Waals surface area (Å²) in [6.07, 6.45) is 1.07. The average Bonchev–Trinajstić information content (AvgIpc) is 2.51. The average molecular weight is 361 g/mol. The molecule has 0 aromatic heterocycles. The van der Waals surface area contributed by atoms with Crippen molar-refractivity contribution in [1.29, 1.82) is 0 Å². The largest absolute Gasteiger partial charge is 0.507 e. The summed E-state index contributed by atoms with van der Waals surface area (Å²) in [5.41, 5.74) is 3.50. The highest BCUT2D eigenvalue weighted by molar-refractivity contribution is 5.50. The molecule has 1 heterocycles. The van der Waals surface area contributed by atoms with Gasteiger partial charge < -0.3 is 10.4 Å². The number of benzene rings is 1. The minimum Gasteiger partial charge on any atom is -0.507 e. The van der Waals surface area contributed by atoms with Gasteiger partial charge in [-0.05, 0) is 40.4 Å². The zero-order chi connectivity index (χ0) is 19.7. The maximum absolute atomic E-state index is 11.3. The van der Waals surface area contributed by atoms with Crippen molar-refractivity contribution in [3.63, 3.8) is 0 Å². The Morgan fingerprint density at radius 2 is 1.58 bits per heavy atom. The highest BCUT2D eigenvalue weighted by atomic mass is 16.3. The van der Waals surface area contributed by atoms with E-state index in [1.165, 1.54) is 5.56 Å². The van der Waals surface area contributed by atoms with Gasteiger partial charge in [0.1, 0.15) is 5.75 Å². The smallest absolute Gasteiger partial charge is 0.124 e. The van der Waals surface area contributed by atoms with Crippen LogP contribution in [0.4, 0.5) is 0 Å². The zero-order valence-electron chi connectivity index (χ0n) is 18.2. The Bertz CT molecular complexity index is 602. The molecule has 0 bridgehead atoms. The van der Waals surface area contributed by atoms with Gasteiger partial charge in [-0.2, -0.15) is 0 Å². The highest BCUT2D eigenvalue weighted by Gasteiger charge is 2.31. The molecule has 0 spiro atoms. The van der Waals surface area contributed by atoms with Crippen LogP contribution in [0.5, 0.6) is 5.75 Å². The van der Waals surface area contributed by atoms with Gasteiger partial charge in [-0.15, -0.1) is 0 Å². The minimum absolute atomic E-state index is 0.0638. The van der Waals surface area contributed by atoms with E-state index in [1.807, 2.05) is 0 Å². The van der Waals surface area contributed by atoms with Crippen LogP contribution in [-0.2, 0) is 10.8 Å². The van der Waals surface area contributed by atoms with Crippen LogP contribution < -0.4 is 5.32 Å². The molecule has 1 aromatic rings. The van der Waals surface area contributed by atoms with Gasteiger partial charge >= 0.3 is 0 Å². The number of hydrogen-bond donors (Lipinski definition) is 2. The van der Waals surface area contributed by atoms with E-state index in [4.69, 9.17) is 0 Å². The molecule has 26 heavy (non-hydrogen) atoms. The molecule has 0 amide bonds. The molecular formula is C23H40N2O. The number of piperazine rings is 1.